The van der Waals surface area contributed by atoms with Crippen molar-refractivity contribution >= 4 is 11.6 Å². The molecule has 0 aliphatic rings. The molecule has 0 saturated carbocycles. The molecule has 21 heavy (non-hydrogen) atoms. The summed E-state index contributed by atoms with van der Waals surface area (Å²) in [6.45, 7) is 3.65. The first-order valence-corrected chi connectivity index (χ1v) is 6.84. The molecule has 110 valence electrons. The van der Waals surface area contributed by atoms with Gasteiger partial charge in [-0.1, -0.05) is 18.2 Å². The fourth-order valence-corrected chi connectivity index (χ4v) is 1.85. The second-order valence-electron chi connectivity index (χ2n) is 5.65. The van der Waals surface area contributed by atoms with Gasteiger partial charge in [0.15, 0.2) is 0 Å². The Morgan fingerprint density at radius 1 is 1.05 bits per heavy atom. The van der Waals surface area contributed by atoms with Crippen LogP contribution in [0.1, 0.15) is 20.3 Å². The third kappa shape index (κ3) is 5.28. The zero-order valence-electron chi connectivity index (χ0n) is 12.3. The highest BCUT2D eigenvalue weighted by molar-refractivity contribution is 5.91. The SMILES string of the molecule is CC(C)(N)CC(=O)Nc1ccc(Oc2ccccc2)cc1. The molecule has 0 unspecified atom stereocenters. The van der Waals surface area contributed by atoms with Gasteiger partial charge in [-0.15, -0.1) is 0 Å². The van der Waals surface area contributed by atoms with Gasteiger partial charge in [-0.05, 0) is 50.2 Å². The molecule has 2 aromatic rings. The van der Waals surface area contributed by atoms with Crippen LogP contribution in [0.3, 0.4) is 0 Å². The lowest BCUT2D eigenvalue weighted by molar-refractivity contribution is -0.117. The van der Waals surface area contributed by atoms with Crippen molar-refractivity contribution in [2.24, 2.45) is 5.73 Å². The number of nitrogens with one attached hydrogen (secondary N) is 1. The molecule has 0 aliphatic heterocycles. The summed E-state index contributed by atoms with van der Waals surface area (Å²) < 4.78 is 5.69. The average Bonchev–Trinajstić information content (AvgIpc) is 2.40. The Balaban J connectivity index is 1.95. The van der Waals surface area contributed by atoms with Gasteiger partial charge in [-0.25, -0.2) is 0 Å². The highest BCUT2D eigenvalue weighted by Gasteiger charge is 2.16. The minimum atomic E-state index is -0.513. The minimum absolute atomic E-state index is 0.0979. The van der Waals surface area contributed by atoms with E-state index in [4.69, 9.17) is 10.5 Å². The van der Waals surface area contributed by atoms with Crippen LogP contribution in [0.5, 0.6) is 11.5 Å². The average molecular weight is 284 g/mol. The van der Waals surface area contributed by atoms with Gasteiger partial charge in [0, 0.05) is 17.6 Å². The third-order valence-electron chi connectivity index (χ3n) is 2.73. The van der Waals surface area contributed by atoms with Gasteiger partial charge >= 0.3 is 0 Å². The van der Waals surface area contributed by atoms with E-state index in [9.17, 15) is 4.79 Å². The van der Waals surface area contributed by atoms with Crippen molar-refractivity contribution in [1.82, 2.24) is 0 Å². The summed E-state index contributed by atoms with van der Waals surface area (Å²) in [5.41, 5.74) is 6.03. The number of hydrogen-bond donors (Lipinski definition) is 2. The lowest BCUT2D eigenvalue weighted by Gasteiger charge is -2.17. The van der Waals surface area contributed by atoms with Crippen molar-refractivity contribution < 1.29 is 9.53 Å². The highest BCUT2D eigenvalue weighted by Crippen LogP contribution is 2.22. The van der Waals surface area contributed by atoms with Crippen molar-refractivity contribution in [3.05, 3.63) is 54.6 Å². The molecule has 0 atom stereocenters. The zero-order chi connectivity index (χ0) is 15.3. The van der Waals surface area contributed by atoms with Crippen LogP contribution in [0.4, 0.5) is 5.69 Å². The Morgan fingerprint density at radius 3 is 2.19 bits per heavy atom. The molecular formula is C17H20N2O2. The molecule has 0 bridgehead atoms. The van der Waals surface area contributed by atoms with Crippen LogP contribution in [-0.2, 0) is 4.79 Å². The quantitative estimate of drug-likeness (QED) is 0.882. The van der Waals surface area contributed by atoms with Crippen LogP contribution >= 0.6 is 0 Å². The fraction of sp³-hybridized carbons (Fsp3) is 0.235. The molecule has 0 radical (unpaired) electrons. The van der Waals surface area contributed by atoms with Crippen molar-refractivity contribution in [3.8, 4) is 11.5 Å². The van der Waals surface area contributed by atoms with Gasteiger partial charge in [-0.3, -0.25) is 4.79 Å². The summed E-state index contributed by atoms with van der Waals surface area (Å²) in [6, 6.07) is 16.8. The molecule has 0 aliphatic carbocycles. The summed E-state index contributed by atoms with van der Waals surface area (Å²) in [5, 5.41) is 2.82. The smallest absolute Gasteiger partial charge is 0.226 e. The topological polar surface area (TPSA) is 64.4 Å². The van der Waals surface area contributed by atoms with Crippen LogP contribution in [0.15, 0.2) is 54.6 Å². The molecule has 1 amide bonds. The first-order valence-electron chi connectivity index (χ1n) is 6.84. The van der Waals surface area contributed by atoms with Gasteiger partial charge in [0.1, 0.15) is 11.5 Å². The maximum Gasteiger partial charge on any atom is 0.226 e. The Kier molecular flexibility index (Phi) is 4.60. The van der Waals surface area contributed by atoms with Crippen molar-refractivity contribution in [2.75, 3.05) is 5.32 Å². The van der Waals surface area contributed by atoms with E-state index >= 15 is 0 Å². The monoisotopic (exact) mass is 284 g/mol. The van der Waals surface area contributed by atoms with Crippen LogP contribution < -0.4 is 15.8 Å². The normalized spacial score (nSPS) is 11.0. The number of para-hydroxylation sites is 1. The van der Waals surface area contributed by atoms with Crippen LogP contribution in [-0.4, -0.2) is 11.4 Å². The summed E-state index contributed by atoms with van der Waals surface area (Å²) in [7, 11) is 0. The molecule has 0 spiro atoms. The predicted octanol–water partition coefficient (Wildman–Crippen LogP) is 3.54. The van der Waals surface area contributed by atoms with E-state index in [1.54, 1.807) is 12.1 Å². The zero-order valence-corrected chi connectivity index (χ0v) is 12.3. The first kappa shape index (κ1) is 15.1. The summed E-state index contributed by atoms with van der Waals surface area (Å²) in [6.07, 6.45) is 0.273. The second-order valence-corrected chi connectivity index (χ2v) is 5.65. The maximum absolute atomic E-state index is 11.8. The summed E-state index contributed by atoms with van der Waals surface area (Å²) >= 11 is 0. The standard InChI is InChI=1S/C17H20N2O2/c1-17(2,18)12-16(20)19-13-8-10-15(11-9-13)21-14-6-4-3-5-7-14/h3-11H,12,18H2,1-2H3,(H,19,20). The van der Waals surface area contributed by atoms with Crippen LogP contribution in [0, 0.1) is 0 Å². The van der Waals surface area contributed by atoms with Crippen molar-refractivity contribution in [3.63, 3.8) is 0 Å². The Labute approximate surface area is 124 Å². The maximum atomic E-state index is 11.8. The Bertz CT molecular complexity index is 586. The van der Waals surface area contributed by atoms with Gasteiger partial charge in [0.05, 0.1) is 0 Å². The molecule has 3 N–H and O–H groups in total. The van der Waals surface area contributed by atoms with E-state index in [0.29, 0.717) is 0 Å². The van der Waals surface area contributed by atoms with E-state index in [1.807, 2.05) is 56.3 Å². The van der Waals surface area contributed by atoms with Crippen LogP contribution in [0.25, 0.3) is 0 Å². The fourth-order valence-electron chi connectivity index (χ4n) is 1.85. The number of rotatable bonds is 5. The van der Waals surface area contributed by atoms with E-state index in [2.05, 4.69) is 5.32 Å². The molecule has 4 nitrogen and oxygen atoms in total. The molecular weight excluding hydrogens is 264 g/mol. The van der Waals surface area contributed by atoms with Gasteiger partial charge in [-0.2, -0.15) is 0 Å². The van der Waals surface area contributed by atoms with Gasteiger partial charge in [0.2, 0.25) is 5.91 Å². The minimum Gasteiger partial charge on any atom is -0.457 e. The lowest BCUT2D eigenvalue weighted by Crippen LogP contribution is -2.36. The first-order chi connectivity index (χ1) is 9.92. The van der Waals surface area contributed by atoms with Gasteiger partial charge < -0.3 is 15.8 Å². The number of hydrogen-bond acceptors (Lipinski definition) is 3. The summed E-state index contributed by atoms with van der Waals surface area (Å²) in [5.74, 6) is 1.40. The van der Waals surface area contributed by atoms with Crippen LogP contribution in [0.2, 0.25) is 0 Å². The number of ether oxygens (including phenoxy) is 1. The Morgan fingerprint density at radius 2 is 1.62 bits per heavy atom. The lowest BCUT2D eigenvalue weighted by atomic mass is 10.0. The number of carbonyl (C=O) groups excluding carboxylic acids is 1. The van der Waals surface area contributed by atoms with E-state index < -0.39 is 5.54 Å². The molecule has 0 heterocycles. The molecule has 0 saturated heterocycles. The molecule has 2 aromatic carbocycles. The molecule has 0 fully saturated rings. The largest absolute Gasteiger partial charge is 0.457 e. The summed E-state index contributed by atoms with van der Waals surface area (Å²) in [4.78, 5) is 11.8. The van der Waals surface area contributed by atoms with Crippen molar-refractivity contribution in [2.45, 2.75) is 25.8 Å². The molecule has 4 heteroatoms. The Hall–Kier alpha value is -2.33. The van der Waals surface area contributed by atoms with Gasteiger partial charge in [0.25, 0.3) is 0 Å². The highest BCUT2D eigenvalue weighted by atomic mass is 16.5. The number of nitrogens with two attached hydrogens (primary N) is 1. The number of amides is 1. The second kappa shape index (κ2) is 6.41. The van der Waals surface area contributed by atoms with E-state index in [1.165, 1.54) is 0 Å². The molecule has 0 aromatic heterocycles. The predicted molar refractivity (Wildman–Crippen MR) is 84.5 cm³/mol. The van der Waals surface area contributed by atoms with E-state index in [-0.39, 0.29) is 12.3 Å². The number of benzene rings is 2. The van der Waals surface area contributed by atoms with Crippen molar-refractivity contribution in [1.29, 1.82) is 0 Å². The third-order valence-corrected chi connectivity index (χ3v) is 2.73. The molecule has 2 rings (SSSR count). The number of anilines is 1. The number of carbonyl (C=O) groups is 1. The van der Waals surface area contributed by atoms with E-state index in [0.717, 1.165) is 17.2 Å².